The summed E-state index contributed by atoms with van der Waals surface area (Å²) in [6.07, 6.45) is 3.52. The van der Waals surface area contributed by atoms with Crippen molar-refractivity contribution in [1.29, 1.82) is 0 Å². The molecule has 1 aliphatic rings. The molecule has 0 saturated heterocycles. The Kier molecular flexibility index (Phi) is 4.58. The summed E-state index contributed by atoms with van der Waals surface area (Å²) in [5, 5.41) is 3.31. The van der Waals surface area contributed by atoms with E-state index >= 15 is 0 Å². The van der Waals surface area contributed by atoms with Gasteiger partial charge in [-0.25, -0.2) is 0 Å². The van der Waals surface area contributed by atoms with E-state index in [0.29, 0.717) is 24.5 Å². The predicted octanol–water partition coefficient (Wildman–Crippen LogP) is 1.63. The Balaban J connectivity index is 2.20. The standard InChI is InChI=1S/C12H24N2O/c1-5-9(2)10(3)13-8-12(15)14(4)11-6-7-11/h9-11,13H,5-8H2,1-4H3. The molecule has 2 unspecified atom stereocenters. The van der Waals surface area contributed by atoms with E-state index in [1.165, 1.54) is 12.8 Å². The molecule has 0 aliphatic heterocycles. The van der Waals surface area contributed by atoms with Crippen molar-refractivity contribution >= 4 is 5.91 Å². The van der Waals surface area contributed by atoms with Crippen LogP contribution in [-0.4, -0.2) is 36.5 Å². The molecular weight excluding hydrogens is 188 g/mol. The van der Waals surface area contributed by atoms with Gasteiger partial charge in [-0.05, 0) is 25.7 Å². The summed E-state index contributed by atoms with van der Waals surface area (Å²) in [7, 11) is 1.91. The molecule has 1 rings (SSSR count). The summed E-state index contributed by atoms with van der Waals surface area (Å²) >= 11 is 0. The van der Waals surface area contributed by atoms with Gasteiger partial charge < -0.3 is 10.2 Å². The highest BCUT2D eigenvalue weighted by Gasteiger charge is 2.29. The van der Waals surface area contributed by atoms with Crippen molar-refractivity contribution in [2.45, 2.75) is 52.1 Å². The summed E-state index contributed by atoms with van der Waals surface area (Å²) in [6.45, 7) is 7.03. The Morgan fingerprint density at radius 3 is 2.53 bits per heavy atom. The lowest BCUT2D eigenvalue weighted by Crippen LogP contribution is -2.41. The second kappa shape index (κ2) is 5.50. The maximum atomic E-state index is 11.7. The first-order chi connectivity index (χ1) is 7.06. The van der Waals surface area contributed by atoms with Gasteiger partial charge in [0.25, 0.3) is 0 Å². The van der Waals surface area contributed by atoms with E-state index in [-0.39, 0.29) is 5.91 Å². The fraction of sp³-hybridized carbons (Fsp3) is 0.917. The molecule has 0 aromatic carbocycles. The predicted molar refractivity (Wildman–Crippen MR) is 62.7 cm³/mol. The van der Waals surface area contributed by atoms with Crippen LogP contribution in [0.15, 0.2) is 0 Å². The van der Waals surface area contributed by atoms with Crippen molar-refractivity contribution in [3.8, 4) is 0 Å². The summed E-state index contributed by atoms with van der Waals surface area (Å²) < 4.78 is 0. The van der Waals surface area contributed by atoms with E-state index in [4.69, 9.17) is 0 Å². The third kappa shape index (κ3) is 3.82. The van der Waals surface area contributed by atoms with Crippen molar-refractivity contribution < 1.29 is 4.79 Å². The lowest BCUT2D eigenvalue weighted by atomic mass is 10.0. The monoisotopic (exact) mass is 212 g/mol. The van der Waals surface area contributed by atoms with Gasteiger partial charge in [0, 0.05) is 19.1 Å². The van der Waals surface area contributed by atoms with Crippen LogP contribution >= 0.6 is 0 Å². The zero-order valence-electron chi connectivity index (χ0n) is 10.4. The van der Waals surface area contributed by atoms with E-state index in [1.807, 2.05) is 11.9 Å². The highest BCUT2D eigenvalue weighted by molar-refractivity contribution is 5.78. The summed E-state index contributed by atoms with van der Waals surface area (Å²) in [5.41, 5.74) is 0. The minimum Gasteiger partial charge on any atom is -0.342 e. The number of carbonyl (C=O) groups excluding carboxylic acids is 1. The highest BCUT2D eigenvalue weighted by Crippen LogP contribution is 2.25. The molecule has 1 amide bonds. The van der Waals surface area contributed by atoms with E-state index < -0.39 is 0 Å². The van der Waals surface area contributed by atoms with Crippen LogP contribution in [0, 0.1) is 5.92 Å². The zero-order valence-corrected chi connectivity index (χ0v) is 10.4. The topological polar surface area (TPSA) is 32.3 Å². The normalized spacial score (nSPS) is 19.7. The lowest BCUT2D eigenvalue weighted by molar-refractivity contribution is -0.129. The van der Waals surface area contributed by atoms with Crippen molar-refractivity contribution in [3.05, 3.63) is 0 Å². The van der Waals surface area contributed by atoms with Crippen LogP contribution < -0.4 is 5.32 Å². The SMILES string of the molecule is CCC(C)C(C)NCC(=O)N(C)C1CC1. The quantitative estimate of drug-likeness (QED) is 0.726. The second-order valence-corrected chi connectivity index (χ2v) is 4.79. The van der Waals surface area contributed by atoms with Crippen LogP contribution in [0.2, 0.25) is 0 Å². The maximum absolute atomic E-state index is 11.7. The van der Waals surface area contributed by atoms with Gasteiger partial charge in [0.1, 0.15) is 0 Å². The van der Waals surface area contributed by atoms with Crippen LogP contribution in [0.1, 0.15) is 40.0 Å². The lowest BCUT2D eigenvalue weighted by Gasteiger charge is -2.22. The minimum absolute atomic E-state index is 0.229. The number of nitrogens with zero attached hydrogens (tertiary/aromatic N) is 1. The first-order valence-corrected chi connectivity index (χ1v) is 6.05. The number of nitrogens with one attached hydrogen (secondary N) is 1. The number of likely N-dealkylation sites (N-methyl/N-ethyl adjacent to an activating group) is 1. The summed E-state index contributed by atoms with van der Waals surface area (Å²) in [6, 6.07) is 0.949. The smallest absolute Gasteiger partial charge is 0.236 e. The van der Waals surface area contributed by atoms with Gasteiger partial charge in [0.2, 0.25) is 5.91 Å². The van der Waals surface area contributed by atoms with E-state index in [9.17, 15) is 4.79 Å². The molecule has 0 heterocycles. The molecule has 3 heteroatoms. The van der Waals surface area contributed by atoms with Gasteiger partial charge in [-0.1, -0.05) is 20.3 Å². The number of rotatable bonds is 6. The first-order valence-electron chi connectivity index (χ1n) is 6.05. The van der Waals surface area contributed by atoms with Gasteiger partial charge in [0.15, 0.2) is 0 Å². The molecule has 1 aliphatic carbocycles. The third-order valence-electron chi connectivity index (χ3n) is 3.56. The Morgan fingerprint density at radius 1 is 1.47 bits per heavy atom. The molecule has 0 aromatic heterocycles. The Morgan fingerprint density at radius 2 is 2.07 bits per heavy atom. The van der Waals surface area contributed by atoms with Crippen LogP contribution in [0.3, 0.4) is 0 Å². The van der Waals surface area contributed by atoms with Crippen LogP contribution in [0.4, 0.5) is 0 Å². The van der Waals surface area contributed by atoms with Crippen molar-refractivity contribution in [2.75, 3.05) is 13.6 Å². The highest BCUT2D eigenvalue weighted by atomic mass is 16.2. The Hall–Kier alpha value is -0.570. The molecule has 1 saturated carbocycles. The van der Waals surface area contributed by atoms with Gasteiger partial charge in [-0.3, -0.25) is 4.79 Å². The molecule has 15 heavy (non-hydrogen) atoms. The molecule has 2 atom stereocenters. The fourth-order valence-electron chi connectivity index (χ4n) is 1.59. The molecular formula is C12H24N2O. The maximum Gasteiger partial charge on any atom is 0.236 e. The van der Waals surface area contributed by atoms with Crippen molar-refractivity contribution in [1.82, 2.24) is 10.2 Å². The number of carbonyl (C=O) groups is 1. The number of hydrogen-bond donors (Lipinski definition) is 1. The molecule has 3 nitrogen and oxygen atoms in total. The van der Waals surface area contributed by atoms with Gasteiger partial charge in [-0.2, -0.15) is 0 Å². The average Bonchev–Trinajstić information content (AvgIpc) is 3.06. The van der Waals surface area contributed by atoms with Crippen molar-refractivity contribution in [2.24, 2.45) is 5.92 Å². The molecule has 0 spiro atoms. The molecule has 0 aromatic rings. The third-order valence-corrected chi connectivity index (χ3v) is 3.56. The molecule has 0 radical (unpaired) electrons. The molecule has 1 fully saturated rings. The van der Waals surface area contributed by atoms with E-state index in [2.05, 4.69) is 26.1 Å². The van der Waals surface area contributed by atoms with Gasteiger partial charge in [-0.15, -0.1) is 0 Å². The van der Waals surface area contributed by atoms with E-state index in [0.717, 1.165) is 6.42 Å². The summed E-state index contributed by atoms with van der Waals surface area (Å²) in [5.74, 6) is 0.858. The second-order valence-electron chi connectivity index (χ2n) is 4.79. The number of amides is 1. The first kappa shape index (κ1) is 12.5. The Labute approximate surface area is 93.2 Å². The molecule has 1 N–H and O–H groups in total. The van der Waals surface area contributed by atoms with Crippen LogP contribution in [-0.2, 0) is 4.79 Å². The number of hydrogen-bond acceptors (Lipinski definition) is 2. The fourth-order valence-corrected chi connectivity index (χ4v) is 1.59. The summed E-state index contributed by atoms with van der Waals surface area (Å²) in [4.78, 5) is 13.6. The minimum atomic E-state index is 0.229. The van der Waals surface area contributed by atoms with Gasteiger partial charge in [0.05, 0.1) is 6.54 Å². The average molecular weight is 212 g/mol. The Bertz CT molecular complexity index is 214. The van der Waals surface area contributed by atoms with E-state index in [1.54, 1.807) is 0 Å². The zero-order chi connectivity index (χ0) is 11.4. The molecule has 88 valence electrons. The van der Waals surface area contributed by atoms with Crippen LogP contribution in [0.25, 0.3) is 0 Å². The van der Waals surface area contributed by atoms with Crippen molar-refractivity contribution in [3.63, 3.8) is 0 Å². The largest absolute Gasteiger partial charge is 0.342 e. The van der Waals surface area contributed by atoms with Crippen LogP contribution in [0.5, 0.6) is 0 Å². The molecule has 0 bridgehead atoms. The van der Waals surface area contributed by atoms with Gasteiger partial charge >= 0.3 is 0 Å².